The summed E-state index contributed by atoms with van der Waals surface area (Å²) in [4.78, 5) is 5.24. The number of nitrogens with zero attached hydrogens (tertiary/aromatic N) is 3. The van der Waals surface area contributed by atoms with E-state index < -0.39 is 0 Å². The molecule has 0 aliphatic carbocycles. The standard InChI is InChI=1S/C36H27N3S/c1-36(2,3)25-17-19-31(29(21-25)24-10-5-4-6-11-24)39-32-15-8-7-14-30(32)38-35(39)28-13-9-12-27-26-18-16-23(22-37)20-33(26)40-34(27)28/h4-21H,1-3H3. The molecular weight excluding hydrogens is 506 g/mol. The maximum atomic E-state index is 9.48. The van der Waals surface area contributed by atoms with Gasteiger partial charge in [-0.3, -0.25) is 4.57 Å². The first-order valence-electron chi connectivity index (χ1n) is 13.5. The first kappa shape index (κ1) is 24.3. The van der Waals surface area contributed by atoms with Gasteiger partial charge >= 0.3 is 0 Å². The minimum Gasteiger partial charge on any atom is -0.292 e. The van der Waals surface area contributed by atoms with Crippen molar-refractivity contribution in [1.82, 2.24) is 9.55 Å². The molecule has 0 aliphatic heterocycles. The van der Waals surface area contributed by atoms with Crippen molar-refractivity contribution in [2.75, 3.05) is 0 Å². The van der Waals surface area contributed by atoms with Crippen LogP contribution in [0.3, 0.4) is 0 Å². The smallest absolute Gasteiger partial charge is 0.147 e. The van der Waals surface area contributed by atoms with Gasteiger partial charge in [-0.15, -0.1) is 11.3 Å². The van der Waals surface area contributed by atoms with Crippen LogP contribution in [0.1, 0.15) is 31.9 Å². The molecule has 0 saturated heterocycles. The Labute approximate surface area is 237 Å². The monoisotopic (exact) mass is 533 g/mol. The molecule has 2 aromatic heterocycles. The summed E-state index contributed by atoms with van der Waals surface area (Å²) in [5, 5.41) is 11.8. The van der Waals surface area contributed by atoms with Crippen molar-refractivity contribution < 1.29 is 0 Å². The maximum absolute atomic E-state index is 9.48. The molecule has 2 heterocycles. The third-order valence-electron chi connectivity index (χ3n) is 7.62. The fourth-order valence-corrected chi connectivity index (χ4v) is 6.79. The van der Waals surface area contributed by atoms with E-state index in [0.29, 0.717) is 5.56 Å². The second-order valence-electron chi connectivity index (χ2n) is 11.2. The van der Waals surface area contributed by atoms with Crippen LogP contribution in [-0.4, -0.2) is 9.55 Å². The van der Waals surface area contributed by atoms with E-state index >= 15 is 0 Å². The number of nitriles is 1. The molecule has 0 fully saturated rings. The van der Waals surface area contributed by atoms with Crippen LogP contribution in [0.2, 0.25) is 0 Å². The van der Waals surface area contributed by atoms with Gasteiger partial charge in [-0.2, -0.15) is 5.26 Å². The van der Waals surface area contributed by atoms with E-state index in [1.54, 1.807) is 11.3 Å². The van der Waals surface area contributed by atoms with Gasteiger partial charge in [-0.05, 0) is 59.0 Å². The Bertz CT molecular complexity index is 2100. The summed E-state index contributed by atoms with van der Waals surface area (Å²) in [5.74, 6) is 0.916. The zero-order chi connectivity index (χ0) is 27.4. The first-order chi connectivity index (χ1) is 19.4. The second kappa shape index (κ2) is 9.19. The van der Waals surface area contributed by atoms with E-state index in [9.17, 15) is 5.26 Å². The lowest BCUT2D eigenvalue weighted by atomic mass is 9.85. The largest absolute Gasteiger partial charge is 0.292 e. The Morgan fingerprint density at radius 2 is 1.55 bits per heavy atom. The van der Waals surface area contributed by atoms with Crippen molar-refractivity contribution in [2.24, 2.45) is 0 Å². The summed E-state index contributed by atoms with van der Waals surface area (Å²) in [6.07, 6.45) is 0. The van der Waals surface area contributed by atoms with E-state index in [1.807, 2.05) is 18.2 Å². The average molecular weight is 534 g/mol. The minimum absolute atomic E-state index is 0.0207. The van der Waals surface area contributed by atoms with Crippen molar-refractivity contribution in [3.8, 4) is 34.3 Å². The third-order valence-corrected chi connectivity index (χ3v) is 8.82. The Hall–Kier alpha value is -4.72. The highest BCUT2D eigenvalue weighted by molar-refractivity contribution is 7.26. The number of imidazole rings is 1. The van der Waals surface area contributed by atoms with Crippen LogP contribution >= 0.6 is 11.3 Å². The molecule has 0 saturated carbocycles. The van der Waals surface area contributed by atoms with Gasteiger partial charge < -0.3 is 0 Å². The lowest BCUT2D eigenvalue weighted by Gasteiger charge is -2.23. The van der Waals surface area contributed by atoms with Gasteiger partial charge in [-0.25, -0.2) is 4.98 Å². The molecule has 0 amide bonds. The highest BCUT2D eigenvalue weighted by Gasteiger charge is 2.22. The molecular formula is C36H27N3S. The van der Waals surface area contributed by atoms with Gasteiger partial charge in [0.15, 0.2) is 0 Å². The molecule has 0 N–H and O–H groups in total. The number of hydrogen-bond acceptors (Lipinski definition) is 3. The number of rotatable bonds is 3. The van der Waals surface area contributed by atoms with Crippen LogP contribution in [0.5, 0.6) is 0 Å². The molecule has 4 heteroatoms. The highest BCUT2D eigenvalue weighted by Crippen LogP contribution is 2.43. The molecule has 5 aromatic carbocycles. The predicted octanol–water partition coefficient (Wildman–Crippen LogP) is 9.90. The van der Waals surface area contributed by atoms with E-state index in [2.05, 4.69) is 122 Å². The molecule has 7 rings (SSSR count). The zero-order valence-corrected chi connectivity index (χ0v) is 23.5. The number of fused-ring (bicyclic) bond motifs is 4. The molecule has 0 unspecified atom stereocenters. The van der Waals surface area contributed by atoms with E-state index in [-0.39, 0.29) is 5.41 Å². The van der Waals surface area contributed by atoms with Crippen LogP contribution in [-0.2, 0) is 5.41 Å². The Morgan fingerprint density at radius 1 is 0.750 bits per heavy atom. The Kier molecular flexibility index (Phi) is 5.59. The summed E-state index contributed by atoms with van der Waals surface area (Å²) < 4.78 is 4.62. The lowest BCUT2D eigenvalue weighted by molar-refractivity contribution is 0.590. The first-order valence-corrected chi connectivity index (χ1v) is 14.3. The van der Waals surface area contributed by atoms with Crippen LogP contribution in [0.4, 0.5) is 0 Å². The fourth-order valence-electron chi connectivity index (χ4n) is 5.54. The summed E-state index contributed by atoms with van der Waals surface area (Å²) in [6, 6.07) is 40.6. The van der Waals surface area contributed by atoms with Crippen molar-refractivity contribution in [2.45, 2.75) is 26.2 Å². The van der Waals surface area contributed by atoms with Crippen molar-refractivity contribution in [3.05, 3.63) is 120 Å². The fraction of sp³-hybridized carbons (Fsp3) is 0.111. The molecule has 192 valence electrons. The van der Waals surface area contributed by atoms with Gasteiger partial charge in [0.1, 0.15) is 5.82 Å². The van der Waals surface area contributed by atoms with E-state index in [4.69, 9.17) is 4.98 Å². The van der Waals surface area contributed by atoms with Crippen LogP contribution in [0, 0.1) is 11.3 Å². The summed E-state index contributed by atoms with van der Waals surface area (Å²) in [7, 11) is 0. The predicted molar refractivity (Wildman–Crippen MR) is 168 cm³/mol. The van der Waals surface area contributed by atoms with Crippen molar-refractivity contribution in [3.63, 3.8) is 0 Å². The van der Waals surface area contributed by atoms with Crippen LogP contribution in [0.25, 0.3) is 59.4 Å². The number of hydrogen-bond donors (Lipinski definition) is 0. The van der Waals surface area contributed by atoms with Crippen LogP contribution < -0.4 is 0 Å². The van der Waals surface area contributed by atoms with Gasteiger partial charge in [0.25, 0.3) is 0 Å². The Balaban J connectivity index is 1.57. The van der Waals surface area contributed by atoms with E-state index in [1.165, 1.54) is 32.2 Å². The van der Waals surface area contributed by atoms with Crippen molar-refractivity contribution in [1.29, 1.82) is 5.26 Å². The Morgan fingerprint density at radius 3 is 2.35 bits per heavy atom. The molecule has 0 aliphatic rings. The van der Waals surface area contributed by atoms with Crippen LogP contribution in [0.15, 0.2) is 109 Å². The summed E-state index contributed by atoms with van der Waals surface area (Å²) >= 11 is 1.73. The molecule has 0 radical (unpaired) electrons. The zero-order valence-electron chi connectivity index (χ0n) is 22.6. The van der Waals surface area contributed by atoms with E-state index in [0.717, 1.165) is 32.8 Å². The summed E-state index contributed by atoms with van der Waals surface area (Å²) in [6.45, 7) is 6.78. The number of aromatic nitrogens is 2. The number of thiophene rings is 1. The average Bonchev–Trinajstić information content (AvgIpc) is 3.55. The number of para-hydroxylation sites is 2. The molecule has 3 nitrogen and oxygen atoms in total. The second-order valence-corrected chi connectivity index (χ2v) is 12.3. The quantitative estimate of drug-likeness (QED) is 0.227. The van der Waals surface area contributed by atoms with Gasteiger partial charge in [0.2, 0.25) is 0 Å². The molecule has 7 aromatic rings. The molecule has 0 bridgehead atoms. The van der Waals surface area contributed by atoms with Crippen molar-refractivity contribution >= 4 is 42.5 Å². The van der Waals surface area contributed by atoms with Gasteiger partial charge in [0, 0.05) is 31.3 Å². The topological polar surface area (TPSA) is 41.6 Å². The van der Waals surface area contributed by atoms with Gasteiger partial charge in [0.05, 0.1) is 28.4 Å². The number of benzene rings is 5. The molecule has 0 atom stereocenters. The maximum Gasteiger partial charge on any atom is 0.147 e. The third kappa shape index (κ3) is 3.90. The minimum atomic E-state index is 0.0207. The van der Waals surface area contributed by atoms with Gasteiger partial charge in [-0.1, -0.05) is 87.5 Å². The SMILES string of the molecule is CC(C)(C)c1ccc(-n2c(-c3cccc4c3sc3cc(C#N)ccc34)nc3ccccc32)c(-c2ccccc2)c1. The highest BCUT2D eigenvalue weighted by atomic mass is 32.1. The molecule has 0 spiro atoms. The summed E-state index contributed by atoms with van der Waals surface area (Å²) in [5.41, 5.74) is 8.58. The normalized spacial score (nSPS) is 11.8. The molecule has 40 heavy (non-hydrogen) atoms. The lowest BCUT2D eigenvalue weighted by Crippen LogP contribution is -2.12.